The molecule has 104 valence electrons. The van der Waals surface area contributed by atoms with Crippen LogP contribution < -0.4 is 5.73 Å². The second-order valence-corrected chi connectivity index (χ2v) is 5.30. The van der Waals surface area contributed by atoms with Crippen LogP contribution in [0, 0.1) is 13.8 Å². The van der Waals surface area contributed by atoms with Crippen LogP contribution in [-0.2, 0) is 0 Å². The molecule has 0 aliphatic rings. The molecule has 2 nitrogen and oxygen atoms in total. The molecule has 0 aliphatic heterocycles. The van der Waals surface area contributed by atoms with Crippen molar-refractivity contribution in [3.05, 3.63) is 70.8 Å². The highest BCUT2D eigenvalue weighted by Gasteiger charge is 2.12. The molecule has 0 aliphatic carbocycles. The molecular weight excluding hydrogens is 246 g/mol. The van der Waals surface area contributed by atoms with E-state index in [1.807, 2.05) is 62.4 Å². The van der Waals surface area contributed by atoms with Crippen LogP contribution in [0.3, 0.4) is 0 Å². The van der Waals surface area contributed by atoms with Crippen molar-refractivity contribution in [3.63, 3.8) is 0 Å². The number of aryl methyl sites for hydroxylation is 2. The number of carbonyl (C=O) groups excluding carboxylic acids is 1. The van der Waals surface area contributed by atoms with Crippen molar-refractivity contribution in [2.24, 2.45) is 5.73 Å². The van der Waals surface area contributed by atoms with Gasteiger partial charge >= 0.3 is 0 Å². The van der Waals surface area contributed by atoms with E-state index in [-0.39, 0.29) is 11.8 Å². The molecule has 20 heavy (non-hydrogen) atoms. The van der Waals surface area contributed by atoms with E-state index in [1.165, 1.54) is 5.56 Å². The van der Waals surface area contributed by atoms with Gasteiger partial charge in [0.2, 0.25) is 0 Å². The van der Waals surface area contributed by atoms with E-state index in [2.05, 4.69) is 0 Å². The van der Waals surface area contributed by atoms with Gasteiger partial charge in [-0.05, 0) is 31.4 Å². The van der Waals surface area contributed by atoms with Gasteiger partial charge in [0.15, 0.2) is 5.78 Å². The Morgan fingerprint density at radius 1 is 1.10 bits per heavy atom. The monoisotopic (exact) mass is 267 g/mol. The molecule has 0 amide bonds. The molecule has 1 atom stereocenters. The Morgan fingerprint density at radius 2 is 1.80 bits per heavy atom. The van der Waals surface area contributed by atoms with E-state index in [4.69, 9.17) is 5.73 Å². The van der Waals surface area contributed by atoms with Crippen LogP contribution in [0.4, 0.5) is 0 Å². The highest BCUT2D eigenvalue weighted by molar-refractivity contribution is 5.97. The maximum Gasteiger partial charge on any atom is 0.163 e. The second kappa shape index (κ2) is 6.49. The number of hydrogen-bond donors (Lipinski definition) is 1. The summed E-state index contributed by atoms with van der Waals surface area (Å²) in [5.41, 5.74) is 10.3. The summed E-state index contributed by atoms with van der Waals surface area (Å²) in [6.45, 7) is 4.02. The van der Waals surface area contributed by atoms with Gasteiger partial charge in [-0.1, -0.05) is 54.1 Å². The molecule has 0 aromatic heterocycles. The second-order valence-electron chi connectivity index (χ2n) is 5.30. The zero-order valence-corrected chi connectivity index (χ0v) is 12.1. The summed E-state index contributed by atoms with van der Waals surface area (Å²) in [5, 5.41) is 0. The largest absolute Gasteiger partial charge is 0.324 e. The Morgan fingerprint density at radius 3 is 2.45 bits per heavy atom. The maximum atomic E-state index is 12.3. The quantitative estimate of drug-likeness (QED) is 0.833. The van der Waals surface area contributed by atoms with Crippen molar-refractivity contribution >= 4 is 5.78 Å². The minimum absolute atomic E-state index is 0.0779. The first kappa shape index (κ1) is 14.5. The zero-order valence-electron chi connectivity index (χ0n) is 12.1. The third-order valence-corrected chi connectivity index (χ3v) is 3.59. The van der Waals surface area contributed by atoms with Crippen LogP contribution in [-0.4, -0.2) is 5.78 Å². The van der Waals surface area contributed by atoms with E-state index in [9.17, 15) is 4.79 Å². The maximum absolute atomic E-state index is 12.3. The SMILES string of the molecule is Cc1ccc(C(=O)CCC(N)c2ccccc2)c(C)c1. The first-order valence-electron chi connectivity index (χ1n) is 6.99. The number of benzene rings is 2. The Kier molecular flexibility index (Phi) is 4.70. The van der Waals surface area contributed by atoms with Crippen LogP contribution in [0.1, 0.15) is 45.9 Å². The summed E-state index contributed by atoms with van der Waals surface area (Å²) in [5.74, 6) is 0.175. The van der Waals surface area contributed by atoms with E-state index >= 15 is 0 Å². The van der Waals surface area contributed by atoms with E-state index in [0.717, 1.165) is 16.7 Å². The van der Waals surface area contributed by atoms with Gasteiger partial charge in [-0.15, -0.1) is 0 Å². The molecule has 0 spiro atoms. The van der Waals surface area contributed by atoms with Crippen LogP contribution in [0.5, 0.6) is 0 Å². The summed E-state index contributed by atoms with van der Waals surface area (Å²) in [4.78, 5) is 12.3. The average Bonchev–Trinajstić information content (AvgIpc) is 2.45. The third-order valence-electron chi connectivity index (χ3n) is 3.59. The van der Waals surface area contributed by atoms with Gasteiger partial charge in [0.25, 0.3) is 0 Å². The average molecular weight is 267 g/mol. The minimum atomic E-state index is -0.0779. The molecule has 0 saturated carbocycles. The van der Waals surface area contributed by atoms with Crippen LogP contribution in [0.2, 0.25) is 0 Å². The number of Topliss-reactive ketones (excluding diaryl/α,β-unsaturated/α-hetero) is 1. The molecule has 0 radical (unpaired) electrons. The lowest BCUT2D eigenvalue weighted by molar-refractivity contribution is 0.0977. The first-order chi connectivity index (χ1) is 9.58. The Labute approximate surface area is 120 Å². The van der Waals surface area contributed by atoms with E-state index < -0.39 is 0 Å². The normalized spacial score (nSPS) is 12.2. The summed E-state index contributed by atoms with van der Waals surface area (Å²) in [6, 6.07) is 15.8. The fourth-order valence-electron chi connectivity index (χ4n) is 2.41. The standard InChI is InChI=1S/C18H21NO/c1-13-8-9-16(14(2)12-13)18(20)11-10-17(19)15-6-4-3-5-7-15/h3-9,12,17H,10-11,19H2,1-2H3. The molecule has 0 fully saturated rings. The molecule has 2 heteroatoms. The lowest BCUT2D eigenvalue weighted by Crippen LogP contribution is -2.13. The highest BCUT2D eigenvalue weighted by atomic mass is 16.1. The van der Waals surface area contributed by atoms with Gasteiger partial charge in [0.05, 0.1) is 0 Å². The van der Waals surface area contributed by atoms with Crippen molar-refractivity contribution in [3.8, 4) is 0 Å². The number of ketones is 1. The molecule has 0 heterocycles. The summed E-state index contributed by atoms with van der Waals surface area (Å²) >= 11 is 0. The fraction of sp³-hybridized carbons (Fsp3) is 0.278. The van der Waals surface area contributed by atoms with E-state index in [0.29, 0.717) is 12.8 Å². The van der Waals surface area contributed by atoms with Crippen molar-refractivity contribution in [1.29, 1.82) is 0 Å². The summed E-state index contributed by atoms with van der Waals surface area (Å²) in [7, 11) is 0. The van der Waals surface area contributed by atoms with Gasteiger partial charge in [-0.2, -0.15) is 0 Å². The number of nitrogens with two attached hydrogens (primary N) is 1. The topological polar surface area (TPSA) is 43.1 Å². The first-order valence-corrected chi connectivity index (χ1v) is 6.99. The van der Waals surface area contributed by atoms with Crippen molar-refractivity contribution in [2.45, 2.75) is 32.7 Å². The Balaban J connectivity index is 1.99. The summed E-state index contributed by atoms with van der Waals surface area (Å²) in [6.07, 6.45) is 1.16. The number of rotatable bonds is 5. The summed E-state index contributed by atoms with van der Waals surface area (Å²) < 4.78 is 0. The van der Waals surface area contributed by atoms with Crippen molar-refractivity contribution in [1.82, 2.24) is 0 Å². The number of hydrogen-bond acceptors (Lipinski definition) is 2. The highest BCUT2D eigenvalue weighted by Crippen LogP contribution is 2.19. The van der Waals surface area contributed by atoms with Gasteiger partial charge in [-0.3, -0.25) is 4.79 Å². The molecule has 0 saturated heterocycles. The van der Waals surface area contributed by atoms with Gasteiger partial charge in [0.1, 0.15) is 0 Å². The van der Waals surface area contributed by atoms with Crippen LogP contribution in [0.15, 0.2) is 48.5 Å². The van der Waals surface area contributed by atoms with Crippen molar-refractivity contribution in [2.75, 3.05) is 0 Å². The molecule has 2 aromatic rings. The molecule has 1 unspecified atom stereocenters. The fourth-order valence-corrected chi connectivity index (χ4v) is 2.41. The molecule has 2 rings (SSSR count). The van der Waals surface area contributed by atoms with Crippen LogP contribution in [0.25, 0.3) is 0 Å². The lowest BCUT2D eigenvalue weighted by atomic mass is 9.96. The third kappa shape index (κ3) is 3.55. The van der Waals surface area contributed by atoms with Gasteiger partial charge in [0, 0.05) is 18.0 Å². The molecule has 2 N–H and O–H groups in total. The Bertz CT molecular complexity index is 590. The smallest absolute Gasteiger partial charge is 0.163 e. The number of carbonyl (C=O) groups is 1. The van der Waals surface area contributed by atoms with Crippen LogP contribution >= 0.6 is 0 Å². The Hall–Kier alpha value is -1.93. The van der Waals surface area contributed by atoms with E-state index in [1.54, 1.807) is 0 Å². The molecule has 0 bridgehead atoms. The zero-order chi connectivity index (χ0) is 14.5. The lowest BCUT2D eigenvalue weighted by Gasteiger charge is -2.12. The van der Waals surface area contributed by atoms with Gasteiger partial charge < -0.3 is 5.73 Å². The minimum Gasteiger partial charge on any atom is -0.324 e. The van der Waals surface area contributed by atoms with Crippen molar-refractivity contribution < 1.29 is 4.79 Å². The predicted molar refractivity (Wildman–Crippen MR) is 82.9 cm³/mol. The molecular formula is C18H21NO. The predicted octanol–water partition coefficient (Wildman–Crippen LogP) is 3.97. The molecule has 2 aromatic carbocycles. The van der Waals surface area contributed by atoms with Gasteiger partial charge in [-0.25, -0.2) is 0 Å².